The maximum Gasteiger partial charge on any atom is 0.251 e. The minimum absolute atomic E-state index is 0.0895. The van der Waals surface area contributed by atoms with Gasteiger partial charge in [0.05, 0.1) is 12.7 Å². The molecule has 2 rings (SSSR count). The predicted octanol–water partition coefficient (Wildman–Crippen LogP) is 0.569. The Bertz CT molecular complexity index is 528. The zero-order chi connectivity index (χ0) is 14.6. The van der Waals surface area contributed by atoms with Crippen LogP contribution in [0.2, 0.25) is 0 Å². The van der Waals surface area contributed by atoms with E-state index in [0.717, 1.165) is 13.0 Å². The van der Waals surface area contributed by atoms with E-state index in [9.17, 15) is 17.2 Å². The van der Waals surface area contributed by atoms with Crippen LogP contribution < -0.4 is 10.0 Å². The van der Waals surface area contributed by atoms with Gasteiger partial charge in [0.25, 0.3) is 6.43 Å². The van der Waals surface area contributed by atoms with Crippen LogP contribution in [-0.4, -0.2) is 43.8 Å². The van der Waals surface area contributed by atoms with E-state index in [1.54, 1.807) is 0 Å². The molecule has 0 radical (unpaired) electrons. The first kappa shape index (κ1) is 15.3. The number of hydrogen-bond acceptors (Lipinski definition) is 4. The maximum absolute atomic E-state index is 12.0. The van der Waals surface area contributed by atoms with Crippen molar-refractivity contribution in [2.45, 2.75) is 43.2 Å². The van der Waals surface area contributed by atoms with Crippen molar-refractivity contribution in [2.75, 3.05) is 13.1 Å². The first-order chi connectivity index (χ1) is 9.47. The molecule has 1 aromatic heterocycles. The molecule has 0 spiro atoms. The molecule has 0 atom stereocenters. The van der Waals surface area contributed by atoms with Crippen LogP contribution in [0.4, 0.5) is 8.78 Å². The number of hydrogen-bond donors (Lipinski definition) is 2. The Kier molecular flexibility index (Phi) is 5.06. The van der Waals surface area contributed by atoms with Crippen LogP contribution in [-0.2, 0) is 16.6 Å². The van der Waals surface area contributed by atoms with Gasteiger partial charge in [0.1, 0.15) is 4.90 Å². The number of sulfonamides is 1. The molecule has 1 heterocycles. The van der Waals surface area contributed by atoms with Gasteiger partial charge in [0.2, 0.25) is 10.0 Å². The normalized spacial score (nSPS) is 15.9. The van der Waals surface area contributed by atoms with Crippen LogP contribution in [0.5, 0.6) is 0 Å². The highest BCUT2D eigenvalue weighted by molar-refractivity contribution is 7.89. The third-order valence-electron chi connectivity index (χ3n) is 2.92. The Hall–Kier alpha value is -1.06. The SMILES string of the molecule is O=S(=O)(NCC(F)F)c1cnn(CCCNC2CC2)c1. The van der Waals surface area contributed by atoms with E-state index in [1.165, 1.54) is 29.9 Å². The molecule has 1 aliphatic rings. The summed E-state index contributed by atoms with van der Waals surface area (Å²) < 4.78 is 50.7. The van der Waals surface area contributed by atoms with Crippen molar-refractivity contribution in [3.63, 3.8) is 0 Å². The molecule has 6 nitrogen and oxygen atoms in total. The molecule has 2 N–H and O–H groups in total. The van der Waals surface area contributed by atoms with Crippen LogP contribution in [0.15, 0.2) is 17.3 Å². The molecular weight excluding hydrogens is 290 g/mol. The van der Waals surface area contributed by atoms with Gasteiger partial charge >= 0.3 is 0 Å². The number of nitrogens with zero attached hydrogens (tertiary/aromatic N) is 2. The molecule has 9 heteroatoms. The van der Waals surface area contributed by atoms with Gasteiger partial charge in [-0.1, -0.05) is 0 Å². The summed E-state index contributed by atoms with van der Waals surface area (Å²) in [6.45, 7) is 0.555. The fourth-order valence-electron chi connectivity index (χ4n) is 1.70. The van der Waals surface area contributed by atoms with Gasteiger partial charge in [-0.25, -0.2) is 21.9 Å². The molecule has 20 heavy (non-hydrogen) atoms. The zero-order valence-corrected chi connectivity index (χ0v) is 11.7. The lowest BCUT2D eigenvalue weighted by Gasteiger charge is -2.04. The summed E-state index contributed by atoms with van der Waals surface area (Å²) >= 11 is 0. The van der Waals surface area contributed by atoms with Crippen molar-refractivity contribution in [3.8, 4) is 0 Å². The number of halogens is 2. The predicted molar refractivity (Wildman–Crippen MR) is 69.1 cm³/mol. The second-order valence-electron chi connectivity index (χ2n) is 4.76. The Morgan fingerprint density at radius 3 is 2.85 bits per heavy atom. The molecule has 0 saturated heterocycles. The molecule has 1 aromatic rings. The van der Waals surface area contributed by atoms with Crippen LogP contribution in [0.1, 0.15) is 19.3 Å². The van der Waals surface area contributed by atoms with Gasteiger partial charge < -0.3 is 5.32 Å². The van der Waals surface area contributed by atoms with Crippen LogP contribution in [0.25, 0.3) is 0 Å². The van der Waals surface area contributed by atoms with E-state index in [0.29, 0.717) is 12.6 Å². The average Bonchev–Trinajstić information content (AvgIpc) is 3.08. The zero-order valence-electron chi connectivity index (χ0n) is 10.9. The first-order valence-electron chi connectivity index (χ1n) is 6.51. The molecule has 114 valence electrons. The number of nitrogens with one attached hydrogen (secondary N) is 2. The molecule has 1 saturated carbocycles. The van der Waals surface area contributed by atoms with E-state index >= 15 is 0 Å². The highest BCUT2D eigenvalue weighted by atomic mass is 32.2. The summed E-state index contributed by atoms with van der Waals surface area (Å²) in [5.74, 6) is 0. The first-order valence-corrected chi connectivity index (χ1v) is 7.99. The standard InChI is InChI=1S/C11H18F2N4O2S/c12-11(13)7-16-20(18,19)10-6-15-17(8-10)5-1-4-14-9-2-3-9/h6,8-9,11,14,16H,1-5,7H2. The fraction of sp³-hybridized carbons (Fsp3) is 0.727. The number of rotatable bonds is 9. The largest absolute Gasteiger partial charge is 0.314 e. The fourth-order valence-corrected chi connectivity index (χ4v) is 2.65. The minimum atomic E-state index is -3.90. The second kappa shape index (κ2) is 6.59. The Labute approximate surface area is 116 Å². The molecule has 0 aliphatic heterocycles. The lowest BCUT2D eigenvalue weighted by molar-refractivity contribution is 0.153. The number of aromatic nitrogens is 2. The highest BCUT2D eigenvalue weighted by Gasteiger charge is 2.20. The van der Waals surface area contributed by atoms with Gasteiger partial charge in [-0.05, 0) is 25.8 Å². The third-order valence-corrected chi connectivity index (χ3v) is 4.30. The van der Waals surface area contributed by atoms with Crippen LogP contribution in [0.3, 0.4) is 0 Å². The lowest BCUT2D eigenvalue weighted by Crippen LogP contribution is -2.28. The quantitative estimate of drug-likeness (QED) is 0.654. The summed E-state index contributed by atoms with van der Waals surface area (Å²) in [4.78, 5) is -0.0895. The molecule has 0 aromatic carbocycles. The topological polar surface area (TPSA) is 76.0 Å². The van der Waals surface area contributed by atoms with Crippen molar-refractivity contribution in [2.24, 2.45) is 0 Å². The van der Waals surface area contributed by atoms with Gasteiger partial charge in [0, 0.05) is 18.8 Å². The van der Waals surface area contributed by atoms with Crippen LogP contribution >= 0.6 is 0 Å². The van der Waals surface area contributed by atoms with E-state index in [1.807, 2.05) is 4.72 Å². The summed E-state index contributed by atoms with van der Waals surface area (Å²) in [7, 11) is -3.90. The molecule has 0 unspecified atom stereocenters. The number of aryl methyl sites for hydroxylation is 1. The van der Waals surface area contributed by atoms with Gasteiger partial charge in [-0.3, -0.25) is 4.68 Å². The third kappa shape index (κ3) is 4.80. The maximum atomic E-state index is 12.0. The Morgan fingerprint density at radius 1 is 1.45 bits per heavy atom. The summed E-state index contributed by atoms with van der Waals surface area (Å²) in [6.07, 6.45) is 3.09. The van der Waals surface area contributed by atoms with Gasteiger partial charge in [-0.2, -0.15) is 5.10 Å². The average molecular weight is 308 g/mol. The van der Waals surface area contributed by atoms with Crippen molar-refractivity contribution >= 4 is 10.0 Å². The molecular formula is C11H18F2N4O2S. The smallest absolute Gasteiger partial charge is 0.251 e. The second-order valence-corrected chi connectivity index (χ2v) is 6.53. The van der Waals surface area contributed by atoms with E-state index < -0.39 is 23.0 Å². The van der Waals surface area contributed by atoms with Crippen molar-refractivity contribution < 1.29 is 17.2 Å². The van der Waals surface area contributed by atoms with E-state index in [4.69, 9.17) is 0 Å². The van der Waals surface area contributed by atoms with Crippen molar-refractivity contribution in [3.05, 3.63) is 12.4 Å². The molecule has 0 bridgehead atoms. The monoisotopic (exact) mass is 308 g/mol. The van der Waals surface area contributed by atoms with Gasteiger partial charge in [-0.15, -0.1) is 0 Å². The van der Waals surface area contributed by atoms with Crippen molar-refractivity contribution in [1.29, 1.82) is 0 Å². The molecule has 1 aliphatic carbocycles. The highest BCUT2D eigenvalue weighted by Crippen LogP contribution is 2.18. The molecule has 1 fully saturated rings. The van der Waals surface area contributed by atoms with Crippen molar-refractivity contribution in [1.82, 2.24) is 19.8 Å². The Balaban J connectivity index is 1.80. The lowest BCUT2D eigenvalue weighted by atomic mass is 10.4. The summed E-state index contributed by atoms with van der Waals surface area (Å²) in [5.41, 5.74) is 0. The van der Waals surface area contributed by atoms with Gasteiger partial charge in [0.15, 0.2) is 0 Å². The summed E-state index contributed by atoms with van der Waals surface area (Å²) in [5, 5.41) is 7.27. The molecule has 0 amide bonds. The summed E-state index contributed by atoms with van der Waals surface area (Å²) in [6, 6.07) is 0.641. The van der Waals surface area contributed by atoms with E-state index in [2.05, 4.69) is 10.4 Å². The Morgan fingerprint density at radius 2 is 2.20 bits per heavy atom. The van der Waals surface area contributed by atoms with Crippen LogP contribution in [0, 0.1) is 0 Å². The minimum Gasteiger partial charge on any atom is -0.314 e. The number of alkyl halides is 2. The van der Waals surface area contributed by atoms with E-state index in [-0.39, 0.29) is 4.90 Å².